The molecule has 1 aromatic carbocycles. The highest BCUT2D eigenvalue weighted by molar-refractivity contribution is 7.91. The molecule has 0 saturated carbocycles. The van der Waals surface area contributed by atoms with Crippen LogP contribution in [0.4, 0.5) is 10.5 Å². The summed E-state index contributed by atoms with van der Waals surface area (Å²) in [5, 5.41) is 11.8. The highest BCUT2D eigenvalue weighted by Gasteiger charge is 2.47. The van der Waals surface area contributed by atoms with Crippen molar-refractivity contribution in [3.63, 3.8) is 0 Å². The number of hydrogen-bond acceptors (Lipinski definition) is 6. The number of piperazine rings is 1. The molecule has 2 amide bonds. The number of anilines is 1. The molecule has 9 heteroatoms. The maximum atomic E-state index is 12.7. The van der Waals surface area contributed by atoms with Gasteiger partial charge in [0.15, 0.2) is 9.84 Å². The number of carbonyl (C=O) groups is 1. The Morgan fingerprint density at radius 3 is 2.85 bits per heavy atom. The number of sulfone groups is 1. The molecular weight excluding hydrogens is 356 g/mol. The average molecular weight is 378 g/mol. The predicted octanol–water partition coefficient (Wildman–Crippen LogP) is 0.520. The number of nitrogens with one attached hydrogen (secondary N) is 1. The van der Waals surface area contributed by atoms with E-state index in [0.29, 0.717) is 37.5 Å². The number of benzene rings is 1. The lowest BCUT2D eigenvalue weighted by Gasteiger charge is -2.43. The predicted molar refractivity (Wildman–Crippen MR) is 96.6 cm³/mol. The summed E-state index contributed by atoms with van der Waals surface area (Å²) in [4.78, 5) is 16.4. The summed E-state index contributed by atoms with van der Waals surface area (Å²) in [6.45, 7) is 2.22. The molecule has 0 aliphatic carbocycles. The summed E-state index contributed by atoms with van der Waals surface area (Å²) in [7, 11) is -1.57. The van der Waals surface area contributed by atoms with E-state index >= 15 is 0 Å². The zero-order chi connectivity index (χ0) is 18.7. The van der Waals surface area contributed by atoms with Gasteiger partial charge in [-0.1, -0.05) is 6.07 Å². The summed E-state index contributed by atoms with van der Waals surface area (Å²) in [6, 6.07) is 7.77. The molecule has 0 bridgehead atoms. The highest BCUT2D eigenvalue weighted by Crippen LogP contribution is 2.27. The molecule has 2 heterocycles. The van der Waals surface area contributed by atoms with E-state index in [1.807, 2.05) is 6.07 Å². The van der Waals surface area contributed by atoms with E-state index in [-0.39, 0.29) is 29.6 Å². The van der Waals surface area contributed by atoms with Crippen molar-refractivity contribution in [1.29, 1.82) is 5.26 Å². The van der Waals surface area contributed by atoms with Crippen LogP contribution in [-0.4, -0.2) is 81.2 Å². The molecule has 2 saturated heterocycles. The quantitative estimate of drug-likeness (QED) is 0.819. The van der Waals surface area contributed by atoms with Gasteiger partial charge in [-0.2, -0.15) is 5.26 Å². The lowest BCUT2D eigenvalue weighted by Crippen LogP contribution is -2.61. The second-order valence-corrected chi connectivity index (χ2v) is 8.71. The molecule has 2 atom stereocenters. The summed E-state index contributed by atoms with van der Waals surface area (Å²) in [5.74, 6) is 0.0435. The van der Waals surface area contributed by atoms with Gasteiger partial charge < -0.3 is 15.0 Å². The lowest BCUT2D eigenvalue weighted by molar-refractivity contribution is 0.0499. The minimum Gasteiger partial charge on any atom is -0.383 e. The van der Waals surface area contributed by atoms with E-state index in [9.17, 15) is 13.2 Å². The Kier molecular flexibility index (Phi) is 5.46. The Bertz CT molecular complexity index is 820. The number of nitrogens with zero attached hydrogens (tertiary/aromatic N) is 3. The van der Waals surface area contributed by atoms with Gasteiger partial charge in [-0.15, -0.1) is 0 Å². The van der Waals surface area contributed by atoms with E-state index in [1.54, 1.807) is 36.3 Å². The molecule has 0 radical (unpaired) electrons. The number of rotatable bonds is 4. The van der Waals surface area contributed by atoms with Crippen molar-refractivity contribution in [2.24, 2.45) is 0 Å². The van der Waals surface area contributed by atoms with Gasteiger partial charge in [0.25, 0.3) is 0 Å². The number of carbonyl (C=O) groups excluding carboxylic acids is 1. The fourth-order valence-corrected chi connectivity index (χ4v) is 5.64. The third-order valence-corrected chi connectivity index (χ3v) is 6.58. The normalized spacial score (nSPS) is 24.7. The maximum Gasteiger partial charge on any atom is 0.322 e. The Balaban J connectivity index is 1.75. The van der Waals surface area contributed by atoms with E-state index in [2.05, 4.69) is 10.2 Å². The SMILES string of the molecule is COCCN1CCN(C(=O)Nc2cccc(C#N)c2)[C@@H]2CS(=O)(=O)C[C@@H]21. The molecule has 8 nitrogen and oxygen atoms in total. The van der Waals surface area contributed by atoms with Gasteiger partial charge in [-0.05, 0) is 18.2 Å². The third kappa shape index (κ3) is 3.98. The average Bonchev–Trinajstić information content (AvgIpc) is 2.94. The van der Waals surface area contributed by atoms with Gasteiger partial charge in [0.2, 0.25) is 0 Å². The van der Waals surface area contributed by atoms with Crippen LogP contribution in [0.2, 0.25) is 0 Å². The number of amides is 2. The monoisotopic (exact) mass is 378 g/mol. The topological polar surface area (TPSA) is 103 Å². The van der Waals surface area contributed by atoms with Gasteiger partial charge in [0.1, 0.15) is 0 Å². The van der Waals surface area contributed by atoms with Crippen molar-refractivity contribution in [3.8, 4) is 6.07 Å². The number of fused-ring (bicyclic) bond motifs is 1. The molecule has 2 aliphatic heterocycles. The van der Waals surface area contributed by atoms with Crippen LogP contribution in [0.25, 0.3) is 0 Å². The first-order valence-electron chi connectivity index (χ1n) is 8.45. The summed E-state index contributed by atoms with van der Waals surface area (Å²) < 4.78 is 29.5. The smallest absolute Gasteiger partial charge is 0.322 e. The van der Waals surface area contributed by atoms with Crippen LogP contribution in [-0.2, 0) is 14.6 Å². The van der Waals surface area contributed by atoms with Crippen LogP contribution >= 0.6 is 0 Å². The molecule has 2 aliphatic rings. The third-order valence-electron chi connectivity index (χ3n) is 4.88. The molecule has 0 unspecified atom stereocenters. The standard InChI is InChI=1S/C17H22N4O4S/c1-25-8-7-20-5-6-21(16-12-26(23,24)11-15(16)20)17(22)19-14-4-2-3-13(9-14)10-18/h2-4,9,15-16H,5-8,11-12H2,1H3,(H,19,22)/t15-,16+/m0/s1. The van der Waals surface area contributed by atoms with E-state index in [4.69, 9.17) is 10.00 Å². The van der Waals surface area contributed by atoms with E-state index in [0.717, 1.165) is 0 Å². The Hall–Kier alpha value is -2.15. The summed E-state index contributed by atoms with van der Waals surface area (Å²) in [6.07, 6.45) is 0. The fraction of sp³-hybridized carbons (Fsp3) is 0.529. The van der Waals surface area contributed by atoms with Gasteiger partial charge in [-0.25, -0.2) is 13.2 Å². The van der Waals surface area contributed by atoms with Crippen molar-refractivity contribution in [1.82, 2.24) is 9.80 Å². The summed E-state index contributed by atoms with van der Waals surface area (Å²) in [5.41, 5.74) is 0.974. The van der Waals surface area contributed by atoms with Gasteiger partial charge in [0, 0.05) is 38.5 Å². The second kappa shape index (κ2) is 7.61. The van der Waals surface area contributed by atoms with Crippen molar-refractivity contribution >= 4 is 21.6 Å². The summed E-state index contributed by atoms with van der Waals surface area (Å²) >= 11 is 0. The number of hydrogen-bond donors (Lipinski definition) is 1. The van der Waals surface area contributed by atoms with Crippen molar-refractivity contribution in [3.05, 3.63) is 29.8 Å². The van der Waals surface area contributed by atoms with Gasteiger partial charge >= 0.3 is 6.03 Å². The van der Waals surface area contributed by atoms with Crippen LogP contribution in [0.3, 0.4) is 0 Å². The largest absolute Gasteiger partial charge is 0.383 e. The van der Waals surface area contributed by atoms with E-state index in [1.165, 1.54) is 0 Å². The molecule has 26 heavy (non-hydrogen) atoms. The Labute approximate surface area is 153 Å². The first-order valence-corrected chi connectivity index (χ1v) is 10.3. The van der Waals surface area contributed by atoms with Gasteiger partial charge in [-0.3, -0.25) is 4.90 Å². The molecule has 0 aromatic heterocycles. The maximum absolute atomic E-state index is 12.7. The van der Waals surface area contributed by atoms with Crippen LogP contribution < -0.4 is 5.32 Å². The zero-order valence-electron chi connectivity index (χ0n) is 14.6. The Morgan fingerprint density at radius 1 is 1.35 bits per heavy atom. The van der Waals surface area contributed by atoms with Crippen LogP contribution in [0, 0.1) is 11.3 Å². The number of nitriles is 1. The second-order valence-electron chi connectivity index (χ2n) is 6.56. The number of methoxy groups -OCH3 is 1. The van der Waals surface area contributed by atoms with Crippen molar-refractivity contribution < 1.29 is 17.9 Å². The van der Waals surface area contributed by atoms with Crippen LogP contribution in [0.1, 0.15) is 5.56 Å². The number of ether oxygens (including phenoxy) is 1. The van der Waals surface area contributed by atoms with Crippen LogP contribution in [0.15, 0.2) is 24.3 Å². The molecule has 3 rings (SSSR count). The molecule has 2 fully saturated rings. The Morgan fingerprint density at radius 2 is 2.12 bits per heavy atom. The molecule has 1 N–H and O–H groups in total. The van der Waals surface area contributed by atoms with Gasteiger partial charge in [0.05, 0.1) is 35.8 Å². The minimum absolute atomic E-state index is 0.0210. The first-order chi connectivity index (χ1) is 12.4. The van der Waals surface area contributed by atoms with Crippen molar-refractivity contribution in [2.75, 3.05) is 50.2 Å². The molecule has 140 valence electrons. The van der Waals surface area contributed by atoms with Crippen LogP contribution in [0.5, 0.6) is 0 Å². The van der Waals surface area contributed by atoms with Crippen molar-refractivity contribution in [2.45, 2.75) is 12.1 Å². The first kappa shape index (κ1) is 18.6. The molecule has 1 aromatic rings. The highest BCUT2D eigenvalue weighted by atomic mass is 32.2. The fourth-order valence-electron chi connectivity index (χ4n) is 3.62. The molecule has 0 spiro atoms. The number of urea groups is 1. The minimum atomic E-state index is -3.18. The van der Waals surface area contributed by atoms with E-state index < -0.39 is 9.84 Å². The molecular formula is C17H22N4O4S. The zero-order valence-corrected chi connectivity index (χ0v) is 15.4. The lowest BCUT2D eigenvalue weighted by atomic mass is 10.1.